The van der Waals surface area contributed by atoms with Crippen molar-refractivity contribution >= 4 is 22.7 Å². The van der Waals surface area contributed by atoms with Crippen molar-refractivity contribution in [3.8, 4) is 0 Å². The van der Waals surface area contributed by atoms with Crippen LogP contribution in [-0.2, 0) is 6.18 Å². The van der Waals surface area contributed by atoms with Gasteiger partial charge in [0.1, 0.15) is 0 Å². The van der Waals surface area contributed by atoms with E-state index in [4.69, 9.17) is 5.73 Å². The van der Waals surface area contributed by atoms with Crippen molar-refractivity contribution in [3.05, 3.63) is 38.0 Å². The van der Waals surface area contributed by atoms with E-state index in [1.54, 1.807) is 0 Å². The number of thiophene rings is 1. The molecule has 17 heavy (non-hydrogen) atoms. The lowest BCUT2D eigenvalue weighted by Crippen LogP contribution is -2.10. The van der Waals surface area contributed by atoms with Gasteiger partial charge in [-0.25, -0.2) is 4.98 Å². The molecule has 0 saturated carbocycles. The number of aromatic nitrogens is 1. The molecule has 0 radical (unpaired) electrons. The van der Waals surface area contributed by atoms with Crippen LogP contribution in [0.1, 0.15) is 27.1 Å². The summed E-state index contributed by atoms with van der Waals surface area (Å²) in [7, 11) is 0. The number of alkyl halides is 3. The fourth-order valence-corrected chi connectivity index (χ4v) is 3.09. The third-order valence-electron chi connectivity index (χ3n) is 2.30. The highest BCUT2D eigenvalue weighted by Gasteiger charge is 2.35. The zero-order valence-corrected chi connectivity index (χ0v) is 10.4. The summed E-state index contributed by atoms with van der Waals surface area (Å²) in [5.74, 6) is 0. The Labute approximate surface area is 104 Å². The van der Waals surface area contributed by atoms with E-state index >= 15 is 0 Å². The van der Waals surface area contributed by atoms with Crippen molar-refractivity contribution in [3.63, 3.8) is 0 Å². The van der Waals surface area contributed by atoms with Gasteiger partial charge < -0.3 is 5.73 Å². The van der Waals surface area contributed by atoms with Gasteiger partial charge in [-0.2, -0.15) is 24.5 Å². The summed E-state index contributed by atoms with van der Waals surface area (Å²) in [6.45, 7) is 1.89. The highest BCUT2D eigenvalue weighted by atomic mass is 32.1. The maximum atomic E-state index is 12.4. The van der Waals surface area contributed by atoms with Gasteiger partial charge in [-0.05, 0) is 28.8 Å². The molecular formula is C10H9F3N2S2. The molecule has 7 heteroatoms. The van der Waals surface area contributed by atoms with Gasteiger partial charge in [0.2, 0.25) is 0 Å². The molecule has 2 heterocycles. The van der Waals surface area contributed by atoms with Crippen LogP contribution in [-0.4, -0.2) is 4.98 Å². The SMILES string of the molecule is Cc1cscc1C(N)c1cnc(C(F)(F)F)s1. The van der Waals surface area contributed by atoms with E-state index in [-0.39, 0.29) is 0 Å². The number of halogens is 3. The largest absolute Gasteiger partial charge is 0.443 e. The highest BCUT2D eigenvalue weighted by Crippen LogP contribution is 2.36. The van der Waals surface area contributed by atoms with Crippen molar-refractivity contribution in [2.75, 3.05) is 0 Å². The highest BCUT2D eigenvalue weighted by molar-refractivity contribution is 7.11. The van der Waals surface area contributed by atoms with Crippen LogP contribution in [0.25, 0.3) is 0 Å². The molecule has 0 aliphatic rings. The predicted octanol–water partition coefficient (Wildman–Crippen LogP) is 3.58. The molecule has 0 amide bonds. The van der Waals surface area contributed by atoms with Gasteiger partial charge in [0.05, 0.1) is 6.04 Å². The van der Waals surface area contributed by atoms with Gasteiger partial charge >= 0.3 is 6.18 Å². The Hall–Kier alpha value is -0.920. The molecule has 2 N–H and O–H groups in total. The van der Waals surface area contributed by atoms with E-state index in [2.05, 4.69) is 4.98 Å². The molecule has 0 aromatic carbocycles. The smallest absolute Gasteiger partial charge is 0.320 e. The number of thiazole rings is 1. The van der Waals surface area contributed by atoms with Gasteiger partial charge in [0.25, 0.3) is 0 Å². The third kappa shape index (κ3) is 2.51. The summed E-state index contributed by atoms with van der Waals surface area (Å²) in [5, 5.41) is 2.92. The van der Waals surface area contributed by atoms with Crippen molar-refractivity contribution in [2.45, 2.75) is 19.1 Å². The van der Waals surface area contributed by atoms with Gasteiger partial charge in [0.15, 0.2) is 5.01 Å². The van der Waals surface area contributed by atoms with Gasteiger partial charge in [-0.15, -0.1) is 11.3 Å². The third-order valence-corrected chi connectivity index (χ3v) is 4.31. The summed E-state index contributed by atoms with van der Waals surface area (Å²) in [6.07, 6.45) is -3.19. The van der Waals surface area contributed by atoms with Crippen LogP contribution >= 0.6 is 22.7 Å². The molecule has 1 unspecified atom stereocenters. The Balaban J connectivity index is 2.30. The summed E-state index contributed by atoms with van der Waals surface area (Å²) in [4.78, 5) is 3.79. The standard InChI is InChI=1S/C10H9F3N2S2/c1-5-3-16-4-6(5)8(14)7-2-15-9(17-7)10(11,12)13/h2-4,8H,14H2,1H3. The molecule has 0 spiro atoms. The molecular weight excluding hydrogens is 269 g/mol. The minimum atomic E-state index is -4.40. The predicted molar refractivity (Wildman–Crippen MR) is 62.2 cm³/mol. The molecule has 2 nitrogen and oxygen atoms in total. The van der Waals surface area contributed by atoms with Crippen LogP contribution in [0, 0.1) is 6.92 Å². The molecule has 2 rings (SSSR count). The number of hydrogen-bond acceptors (Lipinski definition) is 4. The number of hydrogen-bond donors (Lipinski definition) is 1. The van der Waals surface area contributed by atoms with Crippen LogP contribution in [0.5, 0.6) is 0 Å². The first kappa shape index (κ1) is 12.5. The maximum Gasteiger partial charge on any atom is 0.443 e. The fraction of sp³-hybridized carbons (Fsp3) is 0.300. The minimum absolute atomic E-state index is 0.429. The Morgan fingerprint density at radius 2 is 2.06 bits per heavy atom. The van der Waals surface area contributed by atoms with Gasteiger partial charge in [0, 0.05) is 11.1 Å². The van der Waals surface area contributed by atoms with E-state index < -0.39 is 17.2 Å². The van der Waals surface area contributed by atoms with Crippen LogP contribution in [0.4, 0.5) is 13.2 Å². The topological polar surface area (TPSA) is 38.9 Å². The van der Waals surface area contributed by atoms with Crippen LogP contribution in [0.3, 0.4) is 0 Å². The van der Waals surface area contributed by atoms with Gasteiger partial charge in [-0.1, -0.05) is 0 Å². The zero-order valence-electron chi connectivity index (χ0n) is 8.78. The molecule has 0 bridgehead atoms. The van der Waals surface area contributed by atoms with E-state index in [0.29, 0.717) is 16.2 Å². The number of nitrogens with zero attached hydrogens (tertiary/aromatic N) is 1. The lowest BCUT2D eigenvalue weighted by Gasteiger charge is -2.08. The van der Waals surface area contributed by atoms with E-state index in [1.807, 2.05) is 17.7 Å². The maximum absolute atomic E-state index is 12.4. The molecule has 0 saturated heterocycles. The summed E-state index contributed by atoms with van der Waals surface area (Å²) >= 11 is 2.08. The molecule has 2 aromatic heterocycles. The molecule has 92 valence electrons. The Kier molecular flexibility index (Phi) is 3.24. The quantitative estimate of drug-likeness (QED) is 0.912. The van der Waals surface area contributed by atoms with Crippen molar-refractivity contribution in [1.82, 2.24) is 4.98 Å². The molecule has 0 aliphatic heterocycles. The van der Waals surface area contributed by atoms with E-state index in [9.17, 15) is 13.2 Å². The lowest BCUT2D eigenvalue weighted by atomic mass is 10.1. The monoisotopic (exact) mass is 278 g/mol. The zero-order chi connectivity index (χ0) is 12.6. The second-order valence-corrected chi connectivity index (χ2v) is 5.36. The van der Waals surface area contributed by atoms with E-state index in [0.717, 1.165) is 11.1 Å². The number of aryl methyl sites for hydroxylation is 1. The van der Waals surface area contributed by atoms with Crippen LogP contribution < -0.4 is 5.73 Å². The summed E-state index contributed by atoms with van der Waals surface area (Å²) in [5.41, 5.74) is 7.77. The minimum Gasteiger partial charge on any atom is -0.320 e. The first-order valence-electron chi connectivity index (χ1n) is 4.71. The molecule has 1 atom stereocenters. The van der Waals surface area contributed by atoms with Crippen molar-refractivity contribution < 1.29 is 13.2 Å². The second-order valence-electron chi connectivity index (χ2n) is 3.55. The fourth-order valence-electron chi connectivity index (χ4n) is 1.40. The summed E-state index contributed by atoms with van der Waals surface area (Å²) < 4.78 is 37.2. The first-order valence-corrected chi connectivity index (χ1v) is 6.46. The Morgan fingerprint density at radius 1 is 1.35 bits per heavy atom. The lowest BCUT2D eigenvalue weighted by molar-refractivity contribution is -0.137. The second kappa shape index (κ2) is 4.40. The Bertz CT molecular complexity index is 516. The molecule has 0 fully saturated rings. The summed E-state index contributed by atoms with van der Waals surface area (Å²) in [6, 6.07) is -0.533. The normalized spacial score (nSPS) is 13.9. The molecule has 0 aliphatic carbocycles. The van der Waals surface area contributed by atoms with E-state index in [1.165, 1.54) is 17.5 Å². The first-order chi connectivity index (χ1) is 7.89. The Morgan fingerprint density at radius 3 is 2.53 bits per heavy atom. The van der Waals surface area contributed by atoms with Crippen molar-refractivity contribution in [1.29, 1.82) is 0 Å². The average Bonchev–Trinajstić information content (AvgIpc) is 2.83. The number of rotatable bonds is 2. The average molecular weight is 278 g/mol. The van der Waals surface area contributed by atoms with Crippen molar-refractivity contribution in [2.24, 2.45) is 5.73 Å². The van der Waals surface area contributed by atoms with Gasteiger partial charge in [-0.3, -0.25) is 0 Å². The van der Waals surface area contributed by atoms with Crippen LogP contribution in [0.15, 0.2) is 17.0 Å². The molecule has 2 aromatic rings. The van der Waals surface area contributed by atoms with Crippen LogP contribution in [0.2, 0.25) is 0 Å². The number of nitrogens with two attached hydrogens (primary N) is 1.